The highest BCUT2D eigenvalue weighted by atomic mass is 32.1. The predicted molar refractivity (Wildman–Crippen MR) is 103 cm³/mol. The molecule has 0 radical (unpaired) electrons. The molecule has 2 aromatic heterocycles. The van der Waals surface area contributed by atoms with E-state index in [0.717, 1.165) is 25.7 Å². The fraction of sp³-hybridized carbons (Fsp3) is 0.450. The fourth-order valence-corrected chi connectivity index (χ4v) is 5.43. The van der Waals surface area contributed by atoms with Crippen LogP contribution in [0.25, 0.3) is 0 Å². The van der Waals surface area contributed by atoms with Crippen LogP contribution in [0.2, 0.25) is 0 Å². The van der Waals surface area contributed by atoms with Crippen LogP contribution >= 0.6 is 11.3 Å². The number of anilines is 1. The van der Waals surface area contributed by atoms with Gasteiger partial charge >= 0.3 is 5.97 Å². The summed E-state index contributed by atoms with van der Waals surface area (Å²) < 4.78 is 5.20. The zero-order valence-electron chi connectivity index (χ0n) is 15.2. The Hall–Kier alpha value is -2.61. The second-order valence-corrected chi connectivity index (χ2v) is 8.40. The summed E-state index contributed by atoms with van der Waals surface area (Å²) in [6, 6.07) is 5.16. The van der Waals surface area contributed by atoms with E-state index in [1.54, 1.807) is 23.6 Å². The van der Waals surface area contributed by atoms with Crippen LogP contribution in [0.3, 0.4) is 0 Å². The van der Waals surface area contributed by atoms with E-state index in [4.69, 9.17) is 4.42 Å². The third-order valence-electron chi connectivity index (χ3n) is 5.96. The van der Waals surface area contributed by atoms with Gasteiger partial charge in [-0.1, -0.05) is 0 Å². The standard InChI is InChI=1S/C20H22N2O5S/c23-17(21-10-13-2-1-8-27-13)14-7-9-28-19(14)22-18(24)15-11-3-5-12(6-4-11)16(15)20(25)26/h1-2,7-9,11-12,15-16H,3-6,10H2,(H,21,23)(H,22,24)(H,25,26)/t11?,12?,15-,16+/m1/s1. The second kappa shape index (κ2) is 7.79. The van der Waals surface area contributed by atoms with Gasteiger partial charge in [-0.25, -0.2) is 0 Å². The summed E-state index contributed by atoms with van der Waals surface area (Å²) in [4.78, 5) is 37.2. The lowest BCUT2D eigenvalue weighted by Crippen LogP contribution is -2.49. The molecule has 0 unspecified atom stereocenters. The van der Waals surface area contributed by atoms with Crippen LogP contribution in [0.1, 0.15) is 41.8 Å². The maximum absolute atomic E-state index is 13.0. The van der Waals surface area contributed by atoms with E-state index in [2.05, 4.69) is 10.6 Å². The Bertz CT molecular complexity index is 867. The minimum absolute atomic E-state index is 0.0673. The number of amides is 2. The third-order valence-corrected chi connectivity index (χ3v) is 6.79. The Labute approximate surface area is 166 Å². The molecule has 2 atom stereocenters. The normalized spacial score (nSPS) is 26.0. The van der Waals surface area contributed by atoms with Crippen LogP contribution in [0, 0.1) is 23.7 Å². The van der Waals surface area contributed by atoms with Crippen LogP contribution in [0.5, 0.6) is 0 Å². The molecule has 0 aromatic carbocycles. The Morgan fingerprint density at radius 3 is 2.46 bits per heavy atom. The van der Waals surface area contributed by atoms with E-state index in [0.29, 0.717) is 16.3 Å². The van der Waals surface area contributed by atoms with Gasteiger partial charge in [0.2, 0.25) is 5.91 Å². The van der Waals surface area contributed by atoms with Crippen LogP contribution in [-0.4, -0.2) is 22.9 Å². The minimum Gasteiger partial charge on any atom is -0.481 e. The summed E-state index contributed by atoms with van der Waals surface area (Å²) in [5.74, 6) is -1.86. The van der Waals surface area contributed by atoms with Gasteiger partial charge in [0.1, 0.15) is 10.8 Å². The van der Waals surface area contributed by atoms with Crippen LogP contribution in [0.15, 0.2) is 34.3 Å². The topological polar surface area (TPSA) is 109 Å². The molecule has 148 valence electrons. The second-order valence-electron chi connectivity index (χ2n) is 7.48. The van der Waals surface area contributed by atoms with Gasteiger partial charge in [-0.2, -0.15) is 0 Å². The number of rotatable bonds is 6. The monoisotopic (exact) mass is 402 g/mol. The molecule has 0 spiro atoms. The van der Waals surface area contributed by atoms with E-state index in [-0.39, 0.29) is 30.2 Å². The van der Waals surface area contributed by atoms with Gasteiger partial charge in [0.05, 0.1) is 30.2 Å². The maximum atomic E-state index is 13.0. The number of hydrogen-bond acceptors (Lipinski definition) is 5. The first-order valence-corrected chi connectivity index (χ1v) is 10.3. The number of thiophene rings is 1. The number of hydrogen-bond donors (Lipinski definition) is 3. The van der Waals surface area contributed by atoms with Gasteiger partial charge < -0.3 is 20.2 Å². The van der Waals surface area contributed by atoms with Crippen molar-refractivity contribution < 1.29 is 23.9 Å². The van der Waals surface area contributed by atoms with Crippen molar-refractivity contribution in [1.29, 1.82) is 0 Å². The van der Waals surface area contributed by atoms with Crippen molar-refractivity contribution in [2.24, 2.45) is 23.7 Å². The van der Waals surface area contributed by atoms with Crippen molar-refractivity contribution in [2.75, 3.05) is 5.32 Å². The van der Waals surface area contributed by atoms with Crippen molar-refractivity contribution >= 4 is 34.1 Å². The Kier molecular flexibility index (Phi) is 5.21. The summed E-state index contributed by atoms with van der Waals surface area (Å²) in [5.41, 5.74) is 0.373. The van der Waals surface area contributed by atoms with E-state index in [1.807, 2.05) is 0 Å². The Balaban J connectivity index is 1.46. The number of furan rings is 1. The first kappa shape index (κ1) is 18.7. The summed E-state index contributed by atoms with van der Waals surface area (Å²) in [5, 5.41) is 17.4. The van der Waals surface area contributed by atoms with Crippen LogP contribution in [-0.2, 0) is 16.1 Å². The molecule has 2 aromatic rings. The minimum atomic E-state index is -0.892. The molecule has 3 saturated carbocycles. The number of aliphatic carboxylic acids is 1. The zero-order valence-corrected chi connectivity index (χ0v) is 16.0. The Morgan fingerprint density at radius 2 is 1.82 bits per heavy atom. The average Bonchev–Trinajstić information content (AvgIpc) is 3.38. The largest absolute Gasteiger partial charge is 0.481 e. The molecule has 8 heteroatoms. The lowest BCUT2D eigenvalue weighted by Gasteiger charge is -2.45. The van der Waals surface area contributed by atoms with Crippen molar-refractivity contribution in [1.82, 2.24) is 5.32 Å². The van der Waals surface area contributed by atoms with Gasteiger partial charge in [0.25, 0.3) is 5.91 Å². The van der Waals surface area contributed by atoms with Crippen molar-refractivity contribution in [3.8, 4) is 0 Å². The molecule has 7 nitrogen and oxygen atoms in total. The lowest BCUT2D eigenvalue weighted by atomic mass is 9.58. The number of carboxylic acid groups (broad SMARTS) is 1. The number of fused-ring (bicyclic) bond motifs is 3. The van der Waals surface area contributed by atoms with E-state index in [9.17, 15) is 19.5 Å². The van der Waals surface area contributed by atoms with Gasteiger partial charge in [-0.15, -0.1) is 11.3 Å². The predicted octanol–water partition coefficient (Wildman–Crippen LogP) is 3.35. The number of carbonyl (C=O) groups excluding carboxylic acids is 2. The number of nitrogens with one attached hydrogen (secondary N) is 2. The highest BCUT2D eigenvalue weighted by Crippen LogP contribution is 2.49. The summed E-state index contributed by atoms with van der Waals surface area (Å²) in [6.45, 7) is 0.253. The quantitative estimate of drug-likeness (QED) is 0.687. The van der Waals surface area contributed by atoms with E-state index < -0.39 is 17.8 Å². The summed E-state index contributed by atoms with van der Waals surface area (Å²) in [6.07, 6.45) is 5.09. The smallest absolute Gasteiger partial charge is 0.307 e. The van der Waals surface area contributed by atoms with E-state index >= 15 is 0 Å². The molecule has 2 amide bonds. The molecule has 2 bridgehead atoms. The number of carbonyl (C=O) groups is 3. The maximum Gasteiger partial charge on any atom is 0.307 e. The van der Waals surface area contributed by atoms with E-state index in [1.165, 1.54) is 17.6 Å². The summed E-state index contributed by atoms with van der Waals surface area (Å²) in [7, 11) is 0. The molecule has 2 heterocycles. The molecule has 3 aliphatic carbocycles. The van der Waals surface area contributed by atoms with Crippen LogP contribution < -0.4 is 10.6 Å². The molecule has 3 fully saturated rings. The Morgan fingerprint density at radius 1 is 1.11 bits per heavy atom. The molecule has 5 rings (SSSR count). The number of carboxylic acids is 1. The molecular formula is C20H22N2O5S. The third kappa shape index (κ3) is 3.56. The molecule has 3 aliphatic rings. The highest BCUT2D eigenvalue weighted by molar-refractivity contribution is 7.14. The molecule has 28 heavy (non-hydrogen) atoms. The van der Waals surface area contributed by atoms with Crippen LogP contribution in [0.4, 0.5) is 5.00 Å². The SMILES string of the molecule is O=C(NCc1ccco1)c1ccsc1NC(=O)[C@@H]1C2CCC(CC2)[C@@H]1C(=O)O. The van der Waals surface area contributed by atoms with Gasteiger partial charge in [-0.3, -0.25) is 14.4 Å². The molecule has 0 aliphatic heterocycles. The van der Waals surface area contributed by atoms with Gasteiger partial charge in [-0.05, 0) is 61.1 Å². The summed E-state index contributed by atoms with van der Waals surface area (Å²) >= 11 is 1.26. The first-order valence-electron chi connectivity index (χ1n) is 9.46. The fourth-order valence-electron chi connectivity index (χ4n) is 4.64. The zero-order chi connectivity index (χ0) is 19.7. The average molecular weight is 402 g/mol. The first-order chi connectivity index (χ1) is 13.5. The van der Waals surface area contributed by atoms with Gasteiger partial charge in [0.15, 0.2) is 0 Å². The molecular weight excluding hydrogens is 380 g/mol. The molecule has 0 saturated heterocycles. The van der Waals surface area contributed by atoms with Crippen molar-refractivity contribution in [3.05, 3.63) is 41.2 Å². The lowest BCUT2D eigenvalue weighted by molar-refractivity contribution is -0.156. The van der Waals surface area contributed by atoms with Gasteiger partial charge in [0, 0.05) is 0 Å². The van der Waals surface area contributed by atoms with Crippen molar-refractivity contribution in [2.45, 2.75) is 32.2 Å². The van der Waals surface area contributed by atoms with Crippen molar-refractivity contribution in [3.63, 3.8) is 0 Å². The molecule has 3 N–H and O–H groups in total. The highest BCUT2D eigenvalue weighted by Gasteiger charge is 2.50.